The molecule has 1 aromatic carbocycles. The van der Waals surface area contributed by atoms with Gasteiger partial charge in [-0.25, -0.2) is 4.98 Å². The van der Waals surface area contributed by atoms with Crippen LogP contribution in [0.15, 0.2) is 36.0 Å². The molecule has 2 aromatic rings. The van der Waals surface area contributed by atoms with E-state index in [9.17, 15) is 18.0 Å². The summed E-state index contributed by atoms with van der Waals surface area (Å²) in [5.41, 5.74) is 13.5. The van der Waals surface area contributed by atoms with Crippen molar-refractivity contribution < 1.29 is 22.7 Å². The van der Waals surface area contributed by atoms with E-state index < -0.39 is 24.3 Å². The second-order valence-electron chi connectivity index (χ2n) is 7.69. The van der Waals surface area contributed by atoms with Gasteiger partial charge in [0.2, 0.25) is 0 Å². The smallest absolute Gasteiger partial charge is 0.402 e. The van der Waals surface area contributed by atoms with Gasteiger partial charge in [-0.1, -0.05) is 24.4 Å². The number of amides is 1. The Hall–Kier alpha value is -2.56. The molecule has 2 heterocycles. The number of pyridine rings is 1. The van der Waals surface area contributed by atoms with Gasteiger partial charge in [-0.15, -0.1) is 0 Å². The molecule has 10 heteroatoms. The van der Waals surface area contributed by atoms with E-state index in [4.69, 9.17) is 28.4 Å². The fraction of sp³-hybridized carbons (Fsp3) is 0.381. The van der Waals surface area contributed by atoms with Crippen LogP contribution in [0.1, 0.15) is 35.5 Å². The van der Waals surface area contributed by atoms with E-state index in [-0.39, 0.29) is 18.8 Å². The number of hydrogen-bond acceptors (Lipinski definition) is 6. The molecule has 1 saturated heterocycles. The summed E-state index contributed by atoms with van der Waals surface area (Å²) in [6, 6.07) is 6.84. The van der Waals surface area contributed by atoms with Gasteiger partial charge < -0.3 is 16.2 Å². The Morgan fingerprint density at radius 3 is 2.65 bits per heavy atom. The Kier molecular flexibility index (Phi) is 6.63. The Labute approximate surface area is 183 Å². The first-order valence-corrected chi connectivity index (χ1v) is 10.0. The zero-order valence-corrected chi connectivity index (χ0v) is 17.9. The lowest BCUT2D eigenvalue weighted by atomic mass is 10.0. The van der Waals surface area contributed by atoms with Crippen molar-refractivity contribution in [2.45, 2.75) is 38.8 Å². The van der Waals surface area contributed by atoms with Crippen LogP contribution >= 0.6 is 12.2 Å². The molecule has 2 atom stereocenters. The predicted molar refractivity (Wildman–Crippen MR) is 116 cm³/mol. The van der Waals surface area contributed by atoms with E-state index in [0.717, 1.165) is 5.56 Å². The summed E-state index contributed by atoms with van der Waals surface area (Å²) in [5.74, 6) is -0.708. The summed E-state index contributed by atoms with van der Waals surface area (Å²) in [6.45, 7) is 3.71. The molecule has 6 nitrogen and oxygen atoms in total. The highest BCUT2D eigenvalue weighted by Crippen LogP contribution is 2.29. The Bertz CT molecular complexity index is 1050. The van der Waals surface area contributed by atoms with Gasteiger partial charge in [-0.2, -0.15) is 13.2 Å². The van der Waals surface area contributed by atoms with Crippen molar-refractivity contribution in [2.24, 2.45) is 11.5 Å². The van der Waals surface area contributed by atoms with E-state index in [0.29, 0.717) is 33.6 Å². The van der Waals surface area contributed by atoms with Gasteiger partial charge in [0.1, 0.15) is 5.69 Å². The first kappa shape index (κ1) is 23.1. The molecule has 1 amide bonds. The number of rotatable bonds is 5. The highest BCUT2D eigenvalue weighted by molar-refractivity contribution is 7.81. The van der Waals surface area contributed by atoms with Gasteiger partial charge in [0.05, 0.1) is 11.6 Å². The number of thiocarbonyl (C=S) groups is 1. The van der Waals surface area contributed by atoms with Gasteiger partial charge in [0.25, 0.3) is 5.91 Å². The molecule has 0 bridgehead atoms. The molecule has 0 unspecified atom stereocenters. The first-order valence-electron chi connectivity index (χ1n) is 9.60. The van der Waals surface area contributed by atoms with Crippen molar-refractivity contribution in [3.05, 3.63) is 52.9 Å². The molecule has 0 saturated carbocycles. The Balaban J connectivity index is 1.96. The molecule has 1 fully saturated rings. The summed E-state index contributed by atoms with van der Waals surface area (Å²) in [7, 11) is 0. The molecule has 1 aliphatic rings. The van der Waals surface area contributed by atoms with Crippen LogP contribution < -0.4 is 11.5 Å². The first-order chi connectivity index (χ1) is 14.4. The molecule has 166 valence electrons. The molecule has 1 aromatic heterocycles. The van der Waals surface area contributed by atoms with E-state index in [2.05, 4.69) is 4.98 Å². The number of carbonyl (C=O) groups excluding carboxylic acids is 1. The number of hydrogen-bond donors (Lipinski definition) is 2. The fourth-order valence-corrected chi connectivity index (χ4v) is 3.95. The number of fused-ring (bicyclic) bond motifs is 1. The summed E-state index contributed by atoms with van der Waals surface area (Å²) >= 11 is 5.43. The average molecular weight is 453 g/mol. The van der Waals surface area contributed by atoms with Gasteiger partial charge >= 0.3 is 6.18 Å². The van der Waals surface area contributed by atoms with Crippen LogP contribution in [0, 0.1) is 0 Å². The third-order valence-electron chi connectivity index (χ3n) is 4.86. The molecule has 0 spiro atoms. The van der Waals surface area contributed by atoms with E-state index in [1.165, 1.54) is 6.07 Å². The lowest BCUT2D eigenvalue weighted by Gasteiger charge is -2.37. The molecule has 31 heavy (non-hydrogen) atoms. The van der Waals surface area contributed by atoms with Crippen LogP contribution in [0.3, 0.4) is 0 Å². The Morgan fingerprint density at radius 1 is 1.32 bits per heavy atom. The molecular weight excluding hydrogens is 429 g/mol. The van der Waals surface area contributed by atoms with Crippen LogP contribution in [0.5, 0.6) is 0 Å². The summed E-state index contributed by atoms with van der Waals surface area (Å²) in [6.07, 6.45) is -5.19. The third kappa shape index (κ3) is 5.57. The summed E-state index contributed by atoms with van der Waals surface area (Å²) in [4.78, 5) is 18.2. The second kappa shape index (κ2) is 8.89. The van der Waals surface area contributed by atoms with Crippen LogP contribution in [0.2, 0.25) is 0 Å². The van der Waals surface area contributed by atoms with Crippen molar-refractivity contribution in [1.82, 2.24) is 9.88 Å². The van der Waals surface area contributed by atoms with Gasteiger partial charge in [-0.05, 0) is 37.6 Å². The van der Waals surface area contributed by atoms with Crippen LogP contribution in [-0.4, -0.2) is 52.1 Å². The monoisotopic (exact) mass is 452 g/mol. The molecular formula is C21H23F3N4O2S. The number of allylic oxidation sites excluding steroid dienone is 2. The molecule has 0 aliphatic carbocycles. The number of nitrogens with two attached hydrogens (primary N) is 2. The van der Waals surface area contributed by atoms with Gasteiger partial charge in [0, 0.05) is 41.1 Å². The number of alkyl halides is 3. The number of halogens is 3. The average Bonchev–Trinajstić information content (AvgIpc) is 2.65. The van der Waals surface area contributed by atoms with Gasteiger partial charge in [-0.3, -0.25) is 9.69 Å². The number of morpholine rings is 1. The highest BCUT2D eigenvalue weighted by Gasteiger charge is 2.44. The number of benzene rings is 1. The standard InChI is InChI=1S/C21H23F3N4O2S/c1-11(25)5-18(31)15-7-17(20(26)29)27-16-6-13(3-4-14(15)16)9-28-8-12(2)30-19(10-28)21(22,23)24/h3-7,12,19H,8-10,25H2,1-2H3,(H2,26,29)/b11-5-/t12-,19-/m1/s1. The molecule has 3 rings (SSSR count). The maximum absolute atomic E-state index is 13.1. The molecule has 0 radical (unpaired) electrons. The SMILES string of the molecule is C/C(N)=C/C(=S)c1cc(C(N)=O)nc2cc(CN3C[C@@H](C)O[C@@H](C(F)(F)F)C3)ccc12. The topological polar surface area (TPSA) is 94.5 Å². The fourth-order valence-electron chi connectivity index (χ4n) is 3.59. The van der Waals surface area contributed by atoms with E-state index >= 15 is 0 Å². The number of carbonyl (C=O) groups is 1. The quantitative estimate of drug-likeness (QED) is 0.411. The molecule has 4 N–H and O–H groups in total. The largest absolute Gasteiger partial charge is 0.415 e. The minimum Gasteiger partial charge on any atom is -0.402 e. The zero-order chi connectivity index (χ0) is 22.9. The van der Waals surface area contributed by atoms with E-state index in [1.54, 1.807) is 37.0 Å². The maximum Gasteiger partial charge on any atom is 0.415 e. The van der Waals surface area contributed by atoms with Crippen molar-refractivity contribution >= 4 is 33.9 Å². The van der Waals surface area contributed by atoms with Crippen LogP contribution in [0.4, 0.5) is 13.2 Å². The highest BCUT2D eigenvalue weighted by atomic mass is 32.1. The van der Waals surface area contributed by atoms with Crippen LogP contribution in [-0.2, 0) is 11.3 Å². The number of nitrogens with zero attached hydrogens (tertiary/aromatic N) is 2. The van der Waals surface area contributed by atoms with Gasteiger partial charge in [0.15, 0.2) is 6.10 Å². The summed E-state index contributed by atoms with van der Waals surface area (Å²) in [5, 5.41) is 0.694. The number of ether oxygens (including phenoxy) is 1. The normalized spacial score (nSPS) is 20.7. The van der Waals surface area contributed by atoms with Crippen LogP contribution in [0.25, 0.3) is 10.9 Å². The number of aromatic nitrogens is 1. The number of primary amides is 1. The van der Waals surface area contributed by atoms with E-state index in [1.807, 2.05) is 6.07 Å². The lowest BCUT2D eigenvalue weighted by molar-refractivity contribution is -0.252. The second-order valence-corrected chi connectivity index (χ2v) is 8.13. The zero-order valence-electron chi connectivity index (χ0n) is 17.1. The minimum absolute atomic E-state index is 0.0437. The van der Waals surface area contributed by atoms with Crippen molar-refractivity contribution in [2.75, 3.05) is 13.1 Å². The molecule has 1 aliphatic heterocycles. The van der Waals surface area contributed by atoms with Crippen molar-refractivity contribution in [1.29, 1.82) is 0 Å². The maximum atomic E-state index is 13.1. The van der Waals surface area contributed by atoms with Crippen molar-refractivity contribution in [3.8, 4) is 0 Å². The lowest BCUT2D eigenvalue weighted by Crippen LogP contribution is -2.51. The third-order valence-corrected chi connectivity index (χ3v) is 5.20. The summed E-state index contributed by atoms with van der Waals surface area (Å²) < 4.78 is 44.4. The Morgan fingerprint density at radius 2 is 2.03 bits per heavy atom. The van der Waals surface area contributed by atoms with Crippen molar-refractivity contribution in [3.63, 3.8) is 0 Å². The predicted octanol–water partition coefficient (Wildman–Crippen LogP) is 3.07. The minimum atomic E-state index is -4.42.